The van der Waals surface area contributed by atoms with E-state index in [1.807, 2.05) is 0 Å². The van der Waals surface area contributed by atoms with Crippen LogP contribution in [0.1, 0.15) is 25.7 Å². The second-order valence-corrected chi connectivity index (χ2v) is 8.34. The average molecular weight is 342 g/mol. The number of rotatable bonds is 2. The Balaban J connectivity index is 1.37. The van der Waals surface area contributed by atoms with Crippen LogP contribution in [0.15, 0.2) is 24.3 Å². The Morgan fingerprint density at radius 3 is 2.14 bits per heavy atom. The molecule has 0 bridgehead atoms. The molecule has 4 rings (SSSR count). The molecule has 1 N–H and O–H groups in total. The third-order valence-electron chi connectivity index (χ3n) is 5.73. The summed E-state index contributed by atoms with van der Waals surface area (Å²) in [6.45, 7) is 0. The number of fused-ring (bicyclic) bond motifs is 2. The topological polar surface area (TPSA) is 29.1 Å². The van der Waals surface area contributed by atoms with Gasteiger partial charge in [0.05, 0.1) is 0 Å². The lowest BCUT2D eigenvalue weighted by molar-refractivity contribution is -0.117. The van der Waals surface area contributed by atoms with E-state index in [0.717, 1.165) is 25.7 Å². The minimum atomic E-state index is -0.511. The summed E-state index contributed by atoms with van der Waals surface area (Å²) >= 11 is 12.6. The third kappa shape index (κ3) is 2.43. The van der Waals surface area contributed by atoms with Gasteiger partial charge in [-0.2, -0.15) is 0 Å². The van der Waals surface area contributed by atoms with Crippen molar-refractivity contribution >= 4 is 34.8 Å². The summed E-state index contributed by atoms with van der Waals surface area (Å²) in [5.41, 5.74) is 0.661. The van der Waals surface area contributed by atoms with Crippen LogP contribution in [0.2, 0.25) is 0 Å². The standard InChI is InChI=1S/C17H18Cl2FNO/c18-17(19)13-7-5-11-12(6-8-14(13)17)15(11)16(22)21-10-3-1-9(20)2-4-10/h1-4,11-15H,5-8H2,(H,21,22)/t11-,12+,13-,14-,15?/m1/s1. The maximum absolute atomic E-state index is 12.9. The van der Waals surface area contributed by atoms with Crippen molar-refractivity contribution in [3.05, 3.63) is 30.1 Å². The molecule has 0 spiro atoms. The molecular weight excluding hydrogens is 324 g/mol. The first-order valence-corrected chi connectivity index (χ1v) is 8.68. The number of alkyl halides is 2. The third-order valence-corrected chi connectivity index (χ3v) is 6.85. The van der Waals surface area contributed by atoms with E-state index in [-0.39, 0.29) is 17.6 Å². The maximum atomic E-state index is 12.9. The van der Waals surface area contributed by atoms with Gasteiger partial charge >= 0.3 is 0 Å². The predicted octanol–water partition coefficient (Wildman–Crippen LogP) is 4.62. The van der Waals surface area contributed by atoms with Gasteiger partial charge in [0.2, 0.25) is 5.91 Å². The minimum Gasteiger partial charge on any atom is -0.326 e. The number of amides is 1. The highest BCUT2D eigenvalue weighted by molar-refractivity contribution is 6.51. The van der Waals surface area contributed by atoms with Crippen molar-refractivity contribution in [1.29, 1.82) is 0 Å². The second-order valence-electron chi connectivity index (χ2n) is 6.89. The Morgan fingerprint density at radius 1 is 1.05 bits per heavy atom. The average Bonchev–Trinajstić information content (AvgIpc) is 3.26. The number of benzene rings is 1. The SMILES string of the molecule is O=C(Nc1ccc(F)cc1)C1[C@H]2CC[C@@H]3[C@@H](CC[C@@H]12)C3(Cl)Cl. The number of hydrogen-bond acceptors (Lipinski definition) is 1. The summed E-state index contributed by atoms with van der Waals surface area (Å²) in [4.78, 5) is 12.4. The van der Waals surface area contributed by atoms with Crippen LogP contribution in [0.3, 0.4) is 0 Å². The Labute approximate surface area is 139 Å². The molecule has 0 aliphatic heterocycles. The van der Waals surface area contributed by atoms with Gasteiger partial charge in [0, 0.05) is 11.6 Å². The first-order valence-electron chi connectivity index (χ1n) is 7.92. The Bertz CT molecular complexity index is 581. The molecule has 5 heteroatoms. The van der Waals surface area contributed by atoms with Crippen molar-refractivity contribution in [3.8, 4) is 0 Å². The van der Waals surface area contributed by atoms with E-state index in [4.69, 9.17) is 23.2 Å². The van der Waals surface area contributed by atoms with Crippen LogP contribution >= 0.6 is 23.2 Å². The van der Waals surface area contributed by atoms with Gasteiger partial charge in [0.1, 0.15) is 10.2 Å². The van der Waals surface area contributed by atoms with Crippen LogP contribution < -0.4 is 5.32 Å². The molecule has 0 radical (unpaired) electrons. The molecule has 1 aromatic rings. The molecule has 0 saturated heterocycles. The summed E-state index contributed by atoms with van der Waals surface area (Å²) in [5, 5.41) is 2.91. The van der Waals surface area contributed by atoms with Gasteiger partial charge in [-0.05, 0) is 73.6 Å². The molecule has 3 aliphatic rings. The summed E-state index contributed by atoms with van der Waals surface area (Å²) in [6, 6.07) is 5.92. The highest BCUT2D eigenvalue weighted by atomic mass is 35.5. The van der Waals surface area contributed by atoms with Crippen molar-refractivity contribution in [2.45, 2.75) is 30.0 Å². The summed E-state index contributed by atoms with van der Waals surface area (Å²) in [5.74, 6) is 1.63. The molecule has 118 valence electrons. The van der Waals surface area contributed by atoms with Crippen LogP contribution in [0.25, 0.3) is 0 Å². The van der Waals surface area contributed by atoms with Crippen molar-refractivity contribution in [2.24, 2.45) is 29.6 Å². The molecule has 0 heterocycles. The van der Waals surface area contributed by atoms with Gasteiger partial charge in [-0.1, -0.05) is 0 Å². The molecule has 1 aromatic carbocycles. The maximum Gasteiger partial charge on any atom is 0.228 e. The van der Waals surface area contributed by atoms with Crippen LogP contribution in [-0.2, 0) is 4.79 Å². The molecule has 5 atom stereocenters. The fraction of sp³-hybridized carbons (Fsp3) is 0.588. The normalized spacial score (nSPS) is 38.0. The van der Waals surface area contributed by atoms with Crippen molar-refractivity contribution in [2.75, 3.05) is 5.32 Å². The number of carbonyl (C=O) groups is 1. The van der Waals surface area contributed by atoms with Crippen molar-refractivity contribution < 1.29 is 9.18 Å². The van der Waals surface area contributed by atoms with Gasteiger partial charge in [-0.3, -0.25) is 4.79 Å². The quantitative estimate of drug-likeness (QED) is 0.781. The van der Waals surface area contributed by atoms with Crippen LogP contribution in [-0.4, -0.2) is 10.2 Å². The zero-order valence-electron chi connectivity index (χ0n) is 12.1. The van der Waals surface area contributed by atoms with Gasteiger partial charge in [0.15, 0.2) is 0 Å². The monoisotopic (exact) mass is 341 g/mol. The van der Waals surface area contributed by atoms with Gasteiger partial charge in [-0.25, -0.2) is 4.39 Å². The lowest BCUT2D eigenvalue weighted by Gasteiger charge is -2.05. The van der Waals surface area contributed by atoms with Gasteiger partial charge < -0.3 is 5.32 Å². The Kier molecular flexibility index (Phi) is 3.43. The van der Waals surface area contributed by atoms with E-state index in [1.165, 1.54) is 12.1 Å². The molecule has 3 aliphatic carbocycles. The van der Waals surface area contributed by atoms with E-state index in [0.29, 0.717) is 29.4 Å². The lowest BCUT2D eigenvalue weighted by atomic mass is 10.0. The first-order chi connectivity index (χ1) is 10.5. The Hall–Kier alpha value is -0.800. The highest BCUT2D eigenvalue weighted by Gasteiger charge is 2.65. The predicted molar refractivity (Wildman–Crippen MR) is 85.4 cm³/mol. The summed E-state index contributed by atoms with van der Waals surface area (Å²) < 4.78 is 12.4. The van der Waals surface area contributed by atoms with Crippen molar-refractivity contribution in [1.82, 2.24) is 0 Å². The zero-order valence-corrected chi connectivity index (χ0v) is 13.6. The molecule has 1 amide bonds. The fourth-order valence-electron chi connectivity index (χ4n) is 4.37. The smallest absolute Gasteiger partial charge is 0.228 e. The summed E-state index contributed by atoms with van der Waals surface area (Å²) in [7, 11) is 0. The number of anilines is 1. The number of hydrogen-bond donors (Lipinski definition) is 1. The molecule has 3 saturated carbocycles. The van der Waals surface area contributed by atoms with Gasteiger partial charge in [0.25, 0.3) is 0 Å². The summed E-state index contributed by atoms with van der Waals surface area (Å²) in [6.07, 6.45) is 4.13. The molecule has 0 aromatic heterocycles. The molecule has 1 unspecified atom stereocenters. The zero-order chi connectivity index (χ0) is 15.5. The number of halogens is 3. The van der Waals surface area contributed by atoms with Crippen LogP contribution in [0.4, 0.5) is 10.1 Å². The molecule has 22 heavy (non-hydrogen) atoms. The van der Waals surface area contributed by atoms with Gasteiger partial charge in [-0.15, -0.1) is 23.2 Å². The number of carbonyl (C=O) groups excluding carboxylic acids is 1. The second kappa shape index (κ2) is 5.10. The highest BCUT2D eigenvalue weighted by Crippen LogP contribution is 2.67. The van der Waals surface area contributed by atoms with E-state index in [1.54, 1.807) is 12.1 Å². The molecule has 2 nitrogen and oxygen atoms in total. The van der Waals surface area contributed by atoms with E-state index in [2.05, 4.69) is 5.32 Å². The molecular formula is C17H18Cl2FNO. The minimum absolute atomic E-state index is 0.0696. The fourth-order valence-corrected chi connectivity index (χ4v) is 5.29. The van der Waals surface area contributed by atoms with E-state index in [9.17, 15) is 9.18 Å². The largest absolute Gasteiger partial charge is 0.326 e. The van der Waals surface area contributed by atoms with Crippen LogP contribution in [0, 0.1) is 35.4 Å². The van der Waals surface area contributed by atoms with E-state index >= 15 is 0 Å². The first kappa shape index (κ1) is 14.8. The van der Waals surface area contributed by atoms with E-state index < -0.39 is 4.33 Å². The number of nitrogens with one attached hydrogen (secondary N) is 1. The van der Waals surface area contributed by atoms with Crippen LogP contribution in [0.5, 0.6) is 0 Å². The van der Waals surface area contributed by atoms with Crippen molar-refractivity contribution in [3.63, 3.8) is 0 Å². The Morgan fingerprint density at radius 2 is 1.59 bits per heavy atom. The lowest BCUT2D eigenvalue weighted by Crippen LogP contribution is -2.15. The molecule has 3 fully saturated rings.